The van der Waals surface area contributed by atoms with E-state index < -0.39 is 5.60 Å². The molecule has 0 aliphatic carbocycles. The Hall–Kier alpha value is -1.35. The molecule has 0 saturated carbocycles. The van der Waals surface area contributed by atoms with E-state index in [-0.39, 0.29) is 11.9 Å². The number of carbonyl (C=O) groups is 1. The van der Waals surface area contributed by atoms with Crippen LogP contribution in [0.25, 0.3) is 0 Å². The highest BCUT2D eigenvalue weighted by molar-refractivity contribution is 5.96. The molecule has 3 nitrogen and oxygen atoms in total. The first kappa shape index (κ1) is 14.7. The first-order valence-corrected chi connectivity index (χ1v) is 6.19. The van der Waals surface area contributed by atoms with Crippen LogP contribution in [0.3, 0.4) is 0 Å². The Morgan fingerprint density at radius 2 is 1.78 bits per heavy atom. The molecule has 0 aliphatic rings. The zero-order chi connectivity index (χ0) is 13.8. The van der Waals surface area contributed by atoms with Gasteiger partial charge in [0, 0.05) is 19.1 Å². The van der Waals surface area contributed by atoms with Gasteiger partial charge in [-0.25, -0.2) is 0 Å². The molecule has 100 valence electrons. The quantitative estimate of drug-likeness (QED) is 0.725. The van der Waals surface area contributed by atoms with E-state index in [0.29, 0.717) is 12.0 Å². The summed E-state index contributed by atoms with van der Waals surface area (Å²) in [6.45, 7) is 7.75. The number of rotatable bonds is 6. The first-order chi connectivity index (χ1) is 8.34. The smallest absolute Gasteiger partial charge is 0.165 e. The van der Waals surface area contributed by atoms with Crippen LogP contribution in [0.2, 0.25) is 0 Å². The van der Waals surface area contributed by atoms with Crippen molar-refractivity contribution >= 4 is 5.78 Å². The van der Waals surface area contributed by atoms with Crippen molar-refractivity contribution in [3.8, 4) is 5.75 Å². The molecule has 0 bridgehead atoms. The van der Waals surface area contributed by atoms with Crippen LogP contribution in [0.4, 0.5) is 0 Å². The fourth-order valence-corrected chi connectivity index (χ4v) is 1.55. The fourth-order valence-electron chi connectivity index (χ4n) is 1.55. The van der Waals surface area contributed by atoms with Crippen LogP contribution in [0.5, 0.6) is 5.75 Å². The molecular formula is C15H22O3. The normalized spacial score (nSPS) is 11.7. The second-order valence-corrected chi connectivity index (χ2v) is 5.25. The second kappa shape index (κ2) is 6.01. The third kappa shape index (κ3) is 4.49. The molecule has 0 atom stereocenters. The Kier molecular flexibility index (Phi) is 4.91. The van der Waals surface area contributed by atoms with Crippen molar-refractivity contribution in [2.45, 2.75) is 45.8 Å². The van der Waals surface area contributed by atoms with E-state index in [9.17, 15) is 4.79 Å². The lowest BCUT2D eigenvalue weighted by atomic mass is 9.97. The maximum Gasteiger partial charge on any atom is 0.165 e. The second-order valence-electron chi connectivity index (χ2n) is 5.25. The van der Waals surface area contributed by atoms with E-state index in [1.54, 1.807) is 19.2 Å². The third-order valence-electron chi connectivity index (χ3n) is 2.69. The SMILES string of the molecule is COC(C)(C)CC(=O)c1ccc(OC(C)C)cc1. The summed E-state index contributed by atoms with van der Waals surface area (Å²) in [7, 11) is 1.62. The van der Waals surface area contributed by atoms with Crippen molar-refractivity contribution in [3.63, 3.8) is 0 Å². The third-order valence-corrected chi connectivity index (χ3v) is 2.69. The van der Waals surface area contributed by atoms with Gasteiger partial charge in [0.1, 0.15) is 5.75 Å². The van der Waals surface area contributed by atoms with Gasteiger partial charge in [-0.15, -0.1) is 0 Å². The molecule has 1 aromatic carbocycles. The van der Waals surface area contributed by atoms with E-state index in [0.717, 1.165) is 5.75 Å². The van der Waals surface area contributed by atoms with Gasteiger partial charge in [0.25, 0.3) is 0 Å². The molecule has 0 aliphatic heterocycles. The molecule has 1 aromatic rings. The summed E-state index contributed by atoms with van der Waals surface area (Å²) in [5.41, 5.74) is 0.265. The summed E-state index contributed by atoms with van der Waals surface area (Å²) in [5.74, 6) is 0.866. The number of ketones is 1. The molecule has 0 saturated heterocycles. The van der Waals surface area contributed by atoms with Gasteiger partial charge in [-0.3, -0.25) is 4.79 Å². The highest BCUT2D eigenvalue weighted by atomic mass is 16.5. The number of methoxy groups -OCH3 is 1. The topological polar surface area (TPSA) is 35.5 Å². The van der Waals surface area contributed by atoms with Crippen molar-refractivity contribution in [2.24, 2.45) is 0 Å². The molecule has 0 N–H and O–H groups in total. The number of hydrogen-bond acceptors (Lipinski definition) is 3. The van der Waals surface area contributed by atoms with Gasteiger partial charge in [-0.2, -0.15) is 0 Å². The monoisotopic (exact) mass is 250 g/mol. The molecule has 0 aromatic heterocycles. The van der Waals surface area contributed by atoms with Crippen molar-refractivity contribution in [2.75, 3.05) is 7.11 Å². The van der Waals surface area contributed by atoms with Crippen molar-refractivity contribution in [1.29, 1.82) is 0 Å². The zero-order valence-corrected chi connectivity index (χ0v) is 11.8. The van der Waals surface area contributed by atoms with Crippen LogP contribution in [0.15, 0.2) is 24.3 Å². The molecule has 1 rings (SSSR count). The predicted molar refractivity (Wildman–Crippen MR) is 72.2 cm³/mol. The summed E-state index contributed by atoms with van der Waals surface area (Å²) in [6.07, 6.45) is 0.507. The number of benzene rings is 1. The largest absolute Gasteiger partial charge is 0.491 e. The number of hydrogen-bond donors (Lipinski definition) is 0. The summed E-state index contributed by atoms with van der Waals surface area (Å²) in [6, 6.07) is 7.25. The van der Waals surface area contributed by atoms with Crippen LogP contribution in [-0.2, 0) is 4.74 Å². The van der Waals surface area contributed by atoms with Crippen LogP contribution in [0.1, 0.15) is 44.5 Å². The lowest BCUT2D eigenvalue weighted by Crippen LogP contribution is -2.26. The van der Waals surface area contributed by atoms with E-state index in [4.69, 9.17) is 9.47 Å². The molecular weight excluding hydrogens is 228 g/mol. The molecule has 0 amide bonds. The number of Topliss-reactive ketones (excluding diaryl/α,β-unsaturated/α-hetero) is 1. The first-order valence-electron chi connectivity index (χ1n) is 6.19. The Balaban J connectivity index is 2.70. The van der Waals surface area contributed by atoms with Crippen LogP contribution < -0.4 is 4.74 Å². The van der Waals surface area contributed by atoms with Crippen LogP contribution in [0, 0.1) is 0 Å². The maximum absolute atomic E-state index is 12.0. The van der Waals surface area contributed by atoms with Crippen molar-refractivity contribution in [1.82, 2.24) is 0 Å². The molecule has 0 fully saturated rings. The van der Waals surface area contributed by atoms with Crippen molar-refractivity contribution in [3.05, 3.63) is 29.8 Å². The summed E-state index contributed by atoms with van der Waals surface area (Å²) in [5, 5.41) is 0. The average Bonchev–Trinajstić information content (AvgIpc) is 2.28. The Morgan fingerprint density at radius 1 is 1.22 bits per heavy atom. The van der Waals surface area contributed by atoms with E-state index in [1.807, 2.05) is 39.8 Å². The maximum atomic E-state index is 12.0. The predicted octanol–water partition coefficient (Wildman–Crippen LogP) is 3.47. The minimum absolute atomic E-state index is 0.0814. The van der Waals surface area contributed by atoms with Gasteiger partial charge in [-0.1, -0.05) is 0 Å². The van der Waals surface area contributed by atoms with E-state index >= 15 is 0 Å². The minimum atomic E-state index is -0.426. The fraction of sp³-hybridized carbons (Fsp3) is 0.533. The number of carbonyl (C=O) groups excluding carboxylic acids is 1. The minimum Gasteiger partial charge on any atom is -0.491 e. The van der Waals surface area contributed by atoms with Gasteiger partial charge in [-0.05, 0) is 52.0 Å². The Bertz CT molecular complexity index is 391. The van der Waals surface area contributed by atoms with Gasteiger partial charge < -0.3 is 9.47 Å². The molecule has 0 spiro atoms. The highest BCUT2D eigenvalue weighted by Crippen LogP contribution is 2.19. The summed E-state index contributed by atoms with van der Waals surface area (Å²) >= 11 is 0. The van der Waals surface area contributed by atoms with Gasteiger partial charge in [0.2, 0.25) is 0 Å². The molecule has 0 heterocycles. The van der Waals surface area contributed by atoms with Gasteiger partial charge in [0.05, 0.1) is 11.7 Å². The van der Waals surface area contributed by atoms with Crippen LogP contribution >= 0.6 is 0 Å². The highest BCUT2D eigenvalue weighted by Gasteiger charge is 2.21. The zero-order valence-electron chi connectivity index (χ0n) is 11.8. The lowest BCUT2D eigenvalue weighted by Gasteiger charge is -2.21. The van der Waals surface area contributed by atoms with E-state index in [1.165, 1.54) is 0 Å². The summed E-state index contributed by atoms with van der Waals surface area (Å²) in [4.78, 5) is 12.0. The molecule has 0 unspecified atom stereocenters. The molecule has 18 heavy (non-hydrogen) atoms. The standard InChI is InChI=1S/C15H22O3/c1-11(2)18-13-8-6-12(7-9-13)14(16)10-15(3,4)17-5/h6-9,11H,10H2,1-5H3. The van der Waals surface area contributed by atoms with E-state index in [2.05, 4.69) is 0 Å². The van der Waals surface area contributed by atoms with Crippen molar-refractivity contribution < 1.29 is 14.3 Å². The molecule has 3 heteroatoms. The van der Waals surface area contributed by atoms with Gasteiger partial charge in [0.15, 0.2) is 5.78 Å². The Labute approximate surface area is 109 Å². The number of ether oxygens (including phenoxy) is 2. The summed E-state index contributed by atoms with van der Waals surface area (Å²) < 4.78 is 10.8. The lowest BCUT2D eigenvalue weighted by molar-refractivity contribution is 0.0172. The Morgan fingerprint density at radius 3 is 2.22 bits per heavy atom. The van der Waals surface area contributed by atoms with Gasteiger partial charge >= 0.3 is 0 Å². The molecule has 0 radical (unpaired) electrons. The average molecular weight is 250 g/mol. The van der Waals surface area contributed by atoms with Crippen LogP contribution in [-0.4, -0.2) is 24.6 Å².